The summed E-state index contributed by atoms with van der Waals surface area (Å²) in [6.45, 7) is 6.70. The highest BCUT2D eigenvalue weighted by atomic mass is 16.5. The molecule has 1 aromatic carbocycles. The summed E-state index contributed by atoms with van der Waals surface area (Å²) in [6.07, 6.45) is 5.16. The molecule has 0 unspecified atom stereocenters. The highest BCUT2D eigenvalue weighted by Crippen LogP contribution is 2.37. The Balaban J connectivity index is 2.02. The molecular formula is C16H25NO. The number of rotatable bonds is 3. The molecule has 0 saturated heterocycles. The predicted molar refractivity (Wildman–Crippen MR) is 75.7 cm³/mol. The molecule has 0 aromatic heterocycles. The zero-order valence-corrected chi connectivity index (χ0v) is 11.8. The molecule has 0 aliphatic heterocycles. The zero-order valence-electron chi connectivity index (χ0n) is 11.8. The van der Waals surface area contributed by atoms with Gasteiger partial charge in [0.2, 0.25) is 0 Å². The molecule has 1 aliphatic carbocycles. The molecule has 1 aromatic rings. The Bertz CT molecular complexity index is 388. The Morgan fingerprint density at radius 3 is 2.44 bits per heavy atom. The third-order valence-electron chi connectivity index (χ3n) is 3.99. The van der Waals surface area contributed by atoms with E-state index in [2.05, 4.69) is 19.9 Å². The van der Waals surface area contributed by atoms with E-state index in [0.29, 0.717) is 11.5 Å². The van der Waals surface area contributed by atoms with E-state index >= 15 is 0 Å². The highest BCUT2D eigenvalue weighted by Gasteiger charge is 2.28. The van der Waals surface area contributed by atoms with Crippen molar-refractivity contribution in [3.63, 3.8) is 0 Å². The summed E-state index contributed by atoms with van der Waals surface area (Å²) in [5.41, 5.74) is 7.58. The first-order valence-electron chi connectivity index (χ1n) is 6.99. The van der Waals surface area contributed by atoms with E-state index in [-0.39, 0.29) is 6.04 Å². The van der Waals surface area contributed by atoms with Gasteiger partial charge in [-0.1, -0.05) is 32.0 Å². The summed E-state index contributed by atoms with van der Waals surface area (Å²) >= 11 is 0. The van der Waals surface area contributed by atoms with Crippen LogP contribution >= 0.6 is 0 Å². The predicted octanol–water partition coefficient (Wildman–Crippen LogP) is 4.05. The summed E-state index contributed by atoms with van der Waals surface area (Å²) < 4.78 is 6.16. The van der Waals surface area contributed by atoms with Gasteiger partial charge in [0.1, 0.15) is 5.75 Å². The van der Waals surface area contributed by atoms with Crippen molar-refractivity contribution in [2.75, 3.05) is 0 Å². The average molecular weight is 247 g/mol. The Morgan fingerprint density at radius 2 is 1.83 bits per heavy atom. The van der Waals surface area contributed by atoms with Gasteiger partial charge in [-0.25, -0.2) is 0 Å². The summed E-state index contributed by atoms with van der Waals surface area (Å²) in [6, 6.07) is 8.18. The van der Waals surface area contributed by atoms with Gasteiger partial charge in [-0.05, 0) is 44.1 Å². The van der Waals surface area contributed by atoms with E-state index in [4.69, 9.17) is 10.5 Å². The van der Waals surface area contributed by atoms with Crippen molar-refractivity contribution in [3.8, 4) is 5.75 Å². The van der Waals surface area contributed by atoms with Crippen LogP contribution in [0.5, 0.6) is 5.75 Å². The van der Waals surface area contributed by atoms with Crippen molar-refractivity contribution < 1.29 is 4.74 Å². The van der Waals surface area contributed by atoms with Gasteiger partial charge >= 0.3 is 0 Å². The molecule has 0 bridgehead atoms. The van der Waals surface area contributed by atoms with E-state index in [9.17, 15) is 0 Å². The molecule has 1 saturated carbocycles. The molecule has 1 aliphatic rings. The van der Waals surface area contributed by atoms with E-state index in [1.807, 2.05) is 25.1 Å². The van der Waals surface area contributed by atoms with Crippen molar-refractivity contribution >= 4 is 0 Å². The fourth-order valence-electron chi connectivity index (χ4n) is 2.63. The minimum Gasteiger partial charge on any atom is -0.490 e. The Labute approximate surface area is 111 Å². The van der Waals surface area contributed by atoms with Crippen molar-refractivity contribution in [2.45, 2.75) is 58.6 Å². The number of hydrogen-bond donors (Lipinski definition) is 1. The quantitative estimate of drug-likeness (QED) is 0.874. The smallest absolute Gasteiger partial charge is 0.124 e. The summed E-state index contributed by atoms with van der Waals surface area (Å²) in [5.74, 6) is 0.970. The second kappa shape index (κ2) is 5.31. The lowest BCUT2D eigenvalue weighted by molar-refractivity contribution is 0.0977. The Hall–Kier alpha value is -1.02. The maximum absolute atomic E-state index is 6.16. The molecule has 2 heteroatoms. The van der Waals surface area contributed by atoms with Crippen LogP contribution in [0, 0.1) is 5.41 Å². The van der Waals surface area contributed by atoms with E-state index in [0.717, 1.165) is 24.2 Å². The Kier molecular flexibility index (Phi) is 3.96. The van der Waals surface area contributed by atoms with Gasteiger partial charge < -0.3 is 10.5 Å². The van der Waals surface area contributed by atoms with Crippen LogP contribution in [-0.2, 0) is 0 Å². The first kappa shape index (κ1) is 13.4. The minimum atomic E-state index is 0.0289. The third kappa shape index (κ3) is 3.26. The maximum atomic E-state index is 6.16. The molecular weight excluding hydrogens is 222 g/mol. The van der Waals surface area contributed by atoms with Gasteiger partial charge in [0.15, 0.2) is 0 Å². The summed E-state index contributed by atoms with van der Waals surface area (Å²) in [5, 5.41) is 0. The molecule has 0 spiro atoms. The first-order chi connectivity index (χ1) is 8.48. The van der Waals surface area contributed by atoms with Gasteiger partial charge in [0.05, 0.1) is 6.10 Å². The van der Waals surface area contributed by atoms with Gasteiger partial charge in [-0.2, -0.15) is 0 Å². The molecule has 0 amide bonds. The fourth-order valence-corrected chi connectivity index (χ4v) is 2.63. The number of para-hydroxylation sites is 1. The standard InChI is InChI=1S/C16H25NO/c1-12(17)14-6-4-5-7-15(14)18-13-8-10-16(2,3)11-9-13/h4-7,12-13H,8-11,17H2,1-3H3/t12-/m0/s1. The Morgan fingerprint density at radius 1 is 1.22 bits per heavy atom. The van der Waals surface area contributed by atoms with Gasteiger partial charge in [-0.3, -0.25) is 0 Å². The van der Waals surface area contributed by atoms with Crippen LogP contribution in [0.4, 0.5) is 0 Å². The molecule has 0 heterocycles. The van der Waals surface area contributed by atoms with Crippen LogP contribution in [-0.4, -0.2) is 6.10 Å². The van der Waals surface area contributed by atoms with Crippen molar-refractivity contribution in [2.24, 2.45) is 11.1 Å². The maximum Gasteiger partial charge on any atom is 0.124 e. The second-order valence-corrected chi connectivity index (χ2v) is 6.31. The van der Waals surface area contributed by atoms with Gasteiger partial charge in [0, 0.05) is 11.6 Å². The lowest BCUT2D eigenvalue weighted by Gasteiger charge is -2.34. The molecule has 0 radical (unpaired) electrons. The zero-order chi connectivity index (χ0) is 13.2. The van der Waals surface area contributed by atoms with Crippen LogP contribution in [0.25, 0.3) is 0 Å². The van der Waals surface area contributed by atoms with E-state index in [1.54, 1.807) is 0 Å². The largest absolute Gasteiger partial charge is 0.490 e. The fraction of sp³-hybridized carbons (Fsp3) is 0.625. The van der Waals surface area contributed by atoms with Crippen molar-refractivity contribution in [3.05, 3.63) is 29.8 Å². The SMILES string of the molecule is C[C@H](N)c1ccccc1OC1CCC(C)(C)CC1. The molecule has 2 N–H and O–H groups in total. The molecule has 18 heavy (non-hydrogen) atoms. The van der Waals surface area contributed by atoms with E-state index in [1.165, 1.54) is 12.8 Å². The normalized spacial score (nSPS) is 21.6. The van der Waals surface area contributed by atoms with Crippen LogP contribution < -0.4 is 10.5 Å². The second-order valence-electron chi connectivity index (χ2n) is 6.31. The highest BCUT2D eigenvalue weighted by molar-refractivity contribution is 5.35. The van der Waals surface area contributed by atoms with Gasteiger partial charge in [0.25, 0.3) is 0 Å². The topological polar surface area (TPSA) is 35.2 Å². The van der Waals surface area contributed by atoms with Crippen molar-refractivity contribution in [1.82, 2.24) is 0 Å². The number of benzene rings is 1. The summed E-state index contributed by atoms with van der Waals surface area (Å²) in [4.78, 5) is 0. The number of hydrogen-bond acceptors (Lipinski definition) is 2. The third-order valence-corrected chi connectivity index (χ3v) is 3.99. The average Bonchev–Trinajstić information content (AvgIpc) is 2.32. The molecule has 2 rings (SSSR count). The van der Waals surface area contributed by atoms with Crippen LogP contribution in [0.2, 0.25) is 0 Å². The first-order valence-corrected chi connectivity index (χ1v) is 6.99. The minimum absolute atomic E-state index is 0.0289. The molecule has 2 nitrogen and oxygen atoms in total. The molecule has 1 atom stereocenters. The number of nitrogens with two attached hydrogens (primary N) is 1. The van der Waals surface area contributed by atoms with Gasteiger partial charge in [-0.15, -0.1) is 0 Å². The van der Waals surface area contributed by atoms with Crippen molar-refractivity contribution in [1.29, 1.82) is 0 Å². The lowest BCUT2D eigenvalue weighted by Crippen LogP contribution is -2.28. The van der Waals surface area contributed by atoms with Crippen LogP contribution in [0.1, 0.15) is 58.1 Å². The molecule has 1 fully saturated rings. The van der Waals surface area contributed by atoms with E-state index < -0.39 is 0 Å². The van der Waals surface area contributed by atoms with Crippen LogP contribution in [0.3, 0.4) is 0 Å². The summed E-state index contributed by atoms with van der Waals surface area (Å²) in [7, 11) is 0. The number of ether oxygens (including phenoxy) is 1. The molecule has 100 valence electrons. The van der Waals surface area contributed by atoms with Crippen LogP contribution in [0.15, 0.2) is 24.3 Å². The lowest BCUT2D eigenvalue weighted by atomic mass is 9.76. The monoisotopic (exact) mass is 247 g/mol.